The number of amides is 1. The van der Waals surface area contributed by atoms with Crippen LogP contribution in [0.1, 0.15) is 23.2 Å². The summed E-state index contributed by atoms with van der Waals surface area (Å²) in [4.78, 5) is 12.7. The molecule has 0 saturated heterocycles. The van der Waals surface area contributed by atoms with Crippen molar-refractivity contribution in [3.8, 4) is 5.75 Å². The van der Waals surface area contributed by atoms with Gasteiger partial charge >= 0.3 is 0 Å². The lowest BCUT2D eigenvalue weighted by molar-refractivity contribution is 0.102. The van der Waals surface area contributed by atoms with E-state index in [1.54, 1.807) is 36.4 Å². The number of carbonyl (C=O) groups is 1. The van der Waals surface area contributed by atoms with E-state index in [0.717, 1.165) is 19.1 Å². The van der Waals surface area contributed by atoms with E-state index in [1.165, 1.54) is 6.07 Å². The molecule has 0 heterocycles. The van der Waals surface area contributed by atoms with Crippen molar-refractivity contribution in [1.82, 2.24) is 0 Å². The molecule has 0 bridgehead atoms. The molecule has 24 heavy (non-hydrogen) atoms. The number of hydrogen-bond donors (Lipinski definition) is 1. The molecule has 2 aromatic rings. The van der Waals surface area contributed by atoms with E-state index in [0.29, 0.717) is 23.8 Å². The minimum absolute atomic E-state index is 0.0923. The van der Waals surface area contributed by atoms with E-state index in [9.17, 15) is 13.2 Å². The van der Waals surface area contributed by atoms with Crippen LogP contribution < -0.4 is 10.1 Å². The van der Waals surface area contributed by atoms with Crippen molar-refractivity contribution in [2.45, 2.75) is 17.7 Å². The van der Waals surface area contributed by atoms with Crippen molar-refractivity contribution < 1.29 is 17.9 Å². The number of para-hydroxylation sites is 2. The molecule has 0 unspecified atom stereocenters. The van der Waals surface area contributed by atoms with E-state index >= 15 is 0 Å². The average molecular weight is 345 g/mol. The Bertz CT molecular complexity index is 857. The van der Waals surface area contributed by atoms with Gasteiger partial charge in [-0.25, -0.2) is 8.42 Å². The molecule has 1 saturated carbocycles. The number of anilines is 1. The molecule has 6 heteroatoms. The molecule has 5 nitrogen and oxygen atoms in total. The average Bonchev–Trinajstić information content (AvgIpc) is 3.37. The van der Waals surface area contributed by atoms with Crippen LogP contribution in [0.4, 0.5) is 5.69 Å². The second-order valence-electron chi connectivity index (χ2n) is 5.97. The summed E-state index contributed by atoms with van der Waals surface area (Å²) < 4.78 is 29.4. The van der Waals surface area contributed by atoms with Crippen molar-refractivity contribution in [2.75, 3.05) is 18.2 Å². The Morgan fingerprint density at radius 2 is 1.79 bits per heavy atom. The summed E-state index contributed by atoms with van der Waals surface area (Å²) >= 11 is 0. The third-order valence-corrected chi connectivity index (χ3v) is 4.99. The number of nitrogens with one attached hydrogen (secondary N) is 1. The molecular formula is C18H19NO4S. The van der Waals surface area contributed by atoms with E-state index < -0.39 is 15.7 Å². The van der Waals surface area contributed by atoms with Gasteiger partial charge in [-0.1, -0.05) is 24.3 Å². The van der Waals surface area contributed by atoms with Crippen molar-refractivity contribution in [1.29, 1.82) is 0 Å². The molecule has 2 aromatic carbocycles. The van der Waals surface area contributed by atoms with Crippen LogP contribution in [0.25, 0.3) is 0 Å². The molecule has 1 aliphatic rings. The van der Waals surface area contributed by atoms with E-state index in [-0.39, 0.29) is 10.6 Å². The summed E-state index contributed by atoms with van der Waals surface area (Å²) in [7, 11) is -3.43. The highest BCUT2D eigenvalue weighted by atomic mass is 32.2. The summed E-state index contributed by atoms with van der Waals surface area (Å²) in [5.41, 5.74) is 0.656. The first-order valence-electron chi connectivity index (χ1n) is 7.77. The van der Waals surface area contributed by atoms with Gasteiger partial charge in [0, 0.05) is 6.26 Å². The van der Waals surface area contributed by atoms with E-state index in [1.807, 2.05) is 6.07 Å². The van der Waals surface area contributed by atoms with Gasteiger partial charge in [0.1, 0.15) is 5.75 Å². The standard InChI is InChI=1S/C18H19NO4S/c1-24(21,22)17-9-5-3-7-15(17)19-18(20)14-6-2-4-8-16(14)23-12-13-10-11-13/h2-9,13H,10-12H2,1H3,(H,19,20). The lowest BCUT2D eigenvalue weighted by Gasteiger charge is -2.13. The van der Waals surface area contributed by atoms with Gasteiger partial charge in [0.2, 0.25) is 0 Å². The van der Waals surface area contributed by atoms with Crippen LogP contribution in [-0.4, -0.2) is 27.2 Å². The SMILES string of the molecule is CS(=O)(=O)c1ccccc1NC(=O)c1ccccc1OCC1CC1. The molecule has 1 amide bonds. The Labute approximate surface area is 141 Å². The van der Waals surface area contributed by atoms with Gasteiger partial charge in [0.25, 0.3) is 5.91 Å². The zero-order chi connectivity index (χ0) is 17.2. The van der Waals surface area contributed by atoms with Crippen LogP contribution in [0.5, 0.6) is 5.75 Å². The highest BCUT2D eigenvalue weighted by molar-refractivity contribution is 7.90. The summed E-state index contributed by atoms with van der Waals surface area (Å²) in [6.45, 7) is 0.601. The molecule has 0 atom stereocenters. The van der Waals surface area contributed by atoms with Crippen LogP contribution in [0.3, 0.4) is 0 Å². The first kappa shape index (κ1) is 16.5. The van der Waals surface area contributed by atoms with Crippen LogP contribution in [0.15, 0.2) is 53.4 Å². The molecule has 3 rings (SSSR count). The molecule has 0 aromatic heterocycles. The number of ether oxygens (including phenoxy) is 1. The van der Waals surface area contributed by atoms with Crippen LogP contribution >= 0.6 is 0 Å². The molecule has 1 fully saturated rings. The van der Waals surface area contributed by atoms with Crippen molar-refractivity contribution in [3.63, 3.8) is 0 Å². The Morgan fingerprint density at radius 3 is 2.50 bits per heavy atom. The maximum atomic E-state index is 12.6. The predicted octanol–water partition coefficient (Wildman–Crippen LogP) is 3.13. The minimum atomic E-state index is -3.43. The molecule has 0 radical (unpaired) electrons. The van der Waals surface area contributed by atoms with Crippen molar-refractivity contribution in [2.24, 2.45) is 5.92 Å². The first-order valence-corrected chi connectivity index (χ1v) is 9.66. The van der Waals surface area contributed by atoms with E-state index in [2.05, 4.69) is 5.32 Å². The number of sulfone groups is 1. The summed E-state index contributed by atoms with van der Waals surface area (Å²) in [5.74, 6) is 0.698. The fourth-order valence-electron chi connectivity index (χ4n) is 2.36. The largest absolute Gasteiger partial charge is 0.492 e. The zero-order valence-electron chi connectivity index (χ0n) is 13.4. The highest BCUT2D eigenvalue weighted by Crippen LogP contribution is 2.30. The molecule has 126 valence electrons. The molecule has 0 spiro atoms. The normalized spacial score (nSPS) is 14.2. The van der Waals surface area contributed by atoms with Crippen LogP contribution in [0, 0.1) is 5.92 Å². The summed E-state index contributed by atoms with van der Waals surface area (Å²) in [6.07, 6.45) is 3.44. The third-order valence-electron chi connectivity index (χ3n) is 3.84. The van der Waals surface area contributed by atoms with Gasteiger partial charge in [-0.3, -0.25) is 4.79 Å². The van der Waals surface area contributed by atoms with Gasteiger partial charge in [-0.05, 0) is 43.0 Å². The number of benzene rings is 2. The van der Waals surface area contributed by atoms with Gasteiger partial charge in [-0.15, -0.1) is 0 Å². The Balaban J connectivity index is 1.83. The predicted molar refractivity (Wildman–Crippen MR) is 92.2 cm³/mol. The van der Waals surface area contributed by atoms with E-state index in [4.69, 9.17) is 4.74 Å². The van der Waals surface area contributed by atoms with Crippen LogP contribution in [0.2, 0.25) is 0 Å². The monoisotopic (exact) mass is 345 g/mol. The Kier molecular flexibility index (Phi) is 4.57. The van der Waals surface area contributed by atoms with Crippen LogP contribution in [-0.2, 0) is 9.84 Å². The molecule has 0 aliphatic heterocycles. The topological polar surface area (TPSA) is 72.5 Å². The van der Waals surface area contributed by atoms with Crippen molar-refractivity contribution in [3.05, 3.63) is 54.1 Å². The Morgan fingerprint density at radius 1 is 1.12 bits per heavy atom. The van der Waals surface area contributed by atoms with Gasteiger partial charge in [0.15, 0.2) is 9.84 Å². The second-order valence-corrected chi connectivity index (χ2v) is 7.96. The Hall–Kier alpha value is -2.34. The minimum Gasteiger partial charge on any atom is -0.492 e. The van der Waals surface area contributed by atoms with Gasteiger partial charge in [-0.2, -0.15) is 0 Å². The smallest absolute Gasteiger partial charge is 0.259 e. The van der Waals surface area contributed by atoms with Gasteiger partial charge < -0.3 is 10.1 Å². The fraction of sp³-hybridized carbons (Fsp3) is 0.278. The summed E-state index contributed by atoms with van der Waals surface area (Å²) in [5, 5.41) is 2.68. The zero-order valence-corrected chi connectivity index (χ0v) is 14.2. The quantitative estimate of drug-likeness (QED) is 0.873. The second kappa shape index (κ2) is 6.65. The third kappa shape index (κ3) is 3.94. The van der Waals surface area contributed by atoms with Gasteiger partial charge in [0.05, 0.1) is 22.8 Å². The number of carbonyl (C=O) groups excluding carboxylic acids is 1. The lowest BCUT2D eigenvalue weighted by atomic mass is 10.2. The molecular weight excluding hydrogens is 326 g/mol. The molecule has 1 N–H and O–H groups in total. The first-order chi connectivity index (χ1) is 11.4. The fourth-order valence-corrected chi connectivity index (χ4v) is 3.20. The maximum Gasteiger partial charge on any atom is 0.259 e. The number of hydrogen-bond acceptors (Lipinski definition) is 4. The maximum absolute atomic E-state index is 12.6. The highest BCUT2D eigenvalue weighted by Gasteiger charge is 2.23. The lowest BCUT2D eigenvalue weighted by Crippen LogP contribution is -2.16. The summed E-state index contributed by atoms with van der Waals surface area (Å²) in [6, 6.07) is 13.3. The molecule has 1 aliphatic carbocycles. The number of rotatable bonds is 6. The van der Waals surface area contributed by atoms with Crippen molar-refractivity contribution >= 4 is 21.4 Å².